The third-order valence-electron chi connectivity index (χ3n) is 3.23. The minimum absolute atomic E-state index is 0.0806. The van der Waals surface area contributed by atoms with Gasteiger partial charge in [-0.25, -0.2) is 0 Å². The van der Waals surface area contributed by atoms with Gasteiger partial charge in [-0.05, 0) is 24.3 Å². The summed E-state index contributed by atoms with van der Waals surface area (Å²) in [7, 11) is 0. The molecule has 0 saturated heterocycles. The monoisotopic (exact) mass is 312 g/mol. The molecule has 0 atom stereocenters. The van der Waals surface area contributed by atoms with Crippen molar-refractivity contribution in [3.05, 3.63) is 66.2 Å². The van der Waals surface area contributed by atoms with E-state index < -0.39 is 0 Å². The number of hydrogen-bond acceptors (Lipinski definition) is 4. The van der Waals surface area contributed by atoms with E-state index in [0.717, 1.165) is 28.2 Å². The predicted molar refractivity (Wildman–Crippen MR) is 88.9 cm³/mol. The van der Waals surface area contributed by atoms with Crippen molar-refractivity contribution in [3.8, 4) is 0 Å². The van der Waals surface area contributed by atoms with Gasteiger partial charge in [-0.15, -0.1) is 0 Å². The van der Waals surface area contributed by atoms with Crippen molar-refractivity contribution in [2.45, 2.75) is 5.75 Å². The van der Waals surface area contributed by atoms with Gasteiger partial charge in [0.05, 0.1) is 23.1 Å². The number of rotatable bonds is 6. The molecule has 0 spiro atoms. The van der Waals surface area contributed by atoms with Crippen LogP contribution in [0.2, 0.25) is 0 Å². The lowest BCUT2D eigenvalue weighted by Crippen LogP contribution is -2.26. The molecule has 5 heteroatoms. The normalized spacial score (nSPS) is 10.7. The number of aromatic nitrogens is 1. The van der Waals surface area contributed by atoms with E-state index in [1.807, 2.05) is 36.4 Å². The van der Waals surface area contributed by atoms with Gasteiger partial charge in [-0.2, -0.15) is 11.8 Å². The van der Waals surface area contributed by atoms with E-state index in [4.69, 9.17) is 4.42 Å². The maximum Gasteiger partial charge on any atom is 0.253 e. The van der Waals surface area contributed by atoms with Gasteiger partial charge in [0, 0.05) is 23.9 Å². The molecule has 112 valence electrons. The summed E-state index contributed by atoms with van der Waals surface area (Å²) in [6.07, 6.45) is 3.38. The number of hydrogen-bond donors (Lipinski definition) is 1. The van der Waals surface area contributed by atoms with E-state index in [2.05, 4.69) is 10.3 Å². The maximum absolute atomic E-state index is 12.3. The summed E-state index contributed by atoms with van der Waals surface area (Å²) >= 11 is 1.73. The second-order valence-corrected chi connectivity index (χ2v) is 5.87. The molecular formula is C17H16N2O2S. The zero-order chi connectivity index (χ0) is 15.2. The quantitative estimate of drug-likeness (QED) is 0.708. The first-order valence-electron chi connectivity index (χ1n) is 7.06. The minimum Gasteiger partial charge on any atom is -0.468 e. The Morgan fingerprint density at radius 2 is 2.09 bits per heavy atom. The van der Waals surface area contributed by atoms with Crippen LogP contribution in [0, 0.1) is 0 Å². The molecule has 0 aliphatic rings. The number of fused-ring (bicyclic) bond motifs is 1. The molecule has 0 aliphatic carbocycles. The molecular weight excluding hydrogens is 296 g/mol. The van der Waals surface area contributed by atoms with Crippen LogP contribution in [0.25, 0.3) is 10.9 Å². The average Bonchev–Trinajstić information content (AvgIpc) is 3.07. The molecule has 3 aromatic rings. The van der Waals surface area contributed by atoms with E-state index in [1.54, 1.807) is 30.3 Å². The summed E-state index contributed by atoms with van der Waals surface area (Å²) in [6, 6.07) is 13.3. The molecule has 2 heterocycles. The number of amides is 1. The fraction of sp³-hybridized carbons (Fsp3) is 0.176. The lowest BCUT2D eigenvalue weighted by Gasteiger charge is -2.07. The fourth-order valence-electron chi connectivity index (χ4n) is 2.19. The molecule has 0 fully saturated rings. The van der Waals surface area contributed by atoms with Crippen LogP contribution in [0.4, 0.5) is 0 Å². The Morgan fingerprint density at radius 3 is 2.95 bits per heavy atom. The second-order valence-electron chi connectivity index (χ2n) is 4.77. The molecule has 1 aromatic carbocycles. The number of nitrogens with zero attached hydrogens (tertiary/aromatic N) is 1. The maximum atomic E-state index is 12.3. The van der Waals surface area contributed by atoms with Crippen molar-refractivity contribution in [2.24, 2.45) is 0 Å². The molecule has 3 rings (SSSR count). The number of carbonyl (C=O) groups is 1. The van der Waals surface area contributed by atoms with Crippen molar-refractivity contribution >= 4 is 28.6 Å². The van der Waals surface area contributed by atoms with Gasteiger partial charge in [0.25, 0.3) is 5.91 Å². The number of furan rings is 1. The highest BCUT2D eigenvalue weighted by Crippen LogP contribution is 2.16. The molecule has 0 radical (unpaired) electrons. The number of thioether (sulfide) groups is 1. The average molecular weight is 312 g/mol. The van der Waals surface area contributed by atoms with Crippen molar-refractivity contribution in [1.29, 1.82) is 0 Å². The molecule has 2 aromatic heterocycles. The molecule has 0 saturated carbocycles. The third kappa shape index (κ3) is 3.49. The first kappa shape index (κ1) is 14.7. The summed E-state index contributed by atoms with van der Waals surface area (Å²) in [5.41, 5.74) is 1.36. The smallest absolute Gasteiger partial charge is 0.253 e. The van der Waals surface area contributed by atoms with E-state index in [9.17, 15) is 4.79 Å². The molecule has 0 aliphatic heterocycles. The lowest BCUT2D eigenvalue weighted by atomic mass is 10.1. The summed E-state index contributed by atoms with van der Waals surface area (Å²) in [4.78, 5) is 16.6. The van der Waals surface area contributed by atoms with Gasteiger partial charge in [-0.1, -0.05) is 18.2 Å². The molecule has 0 unspecified atom stereocenters. The zero-order valence-electron chi connectivity index (χ0n) is 12.0. The standard InChI is InChI=1S/C17H16N2O2S/c20-17(19-9-11-22-12-14-6-3-10-21-14)15-7-1-4-13-5-2-8-18-16(13)15/h1-8,10H,9,11-12H2,(H,19,20). The van der Waals surface area contributed by atoms with E-state index >= 15 is 0 Å². The second kappa shape index (κ2) is 7.13. The van der Waals surface area contributed by atoms with Crippen molar-refractivity contribution in [2.75, 3.05) is 12.3 Å². The van der Waals surface area contributed by atoms with Crippen LogP contribution < -0.4 is 5.32 Å². The molecule has 1 amide bonds. The molecule has 4 nitrogen and oxygen atoms in total. The number of nitrogens with one attached hydrogen (secondary N) is 1. The highest BCUT2D eigenvalue weighted by atomic mass is 32.2. The first-order valence-corrected chi connectivity index (χ1v) is 8.22. The highest BCUT2D eigenvalue weighted by molar-refractivity contribution is 7.98. The SMILES string of the molecule is O=C(NCCSCc1ccco1)c1cccc2cccnc12. The van der Waals surface area contributed by atoms with Crippen LogP contribution in [-0.2, 0) is 5.75 Å². The van der Waals surface area contributed by atoms with Crippen LogP contribution in [-0.4, -0.2) is 23.2 Å². The molecule has 1 N–H and O–H groups in total. The Labute approximate surface area is 132 Å². The van der Waals surface area contributed by atoms with Crippen molar-refractivity contribution in [1.82, 2.24) is 10.3 Å². The number of benzene rings is 1. The third-order valence-corrected chi connectivity index (χ3v) is 4.22. The highest BCUT2D eigenvalue weighted by Gasteiger charge is 2.09. The summed E-state index contributed by atoms with van der Waals surface area (Å²) in [5, 5.41) is 3.92. The Morgan fingerprint density at radius 1 is 1.18 bits per heavy atom. The van der Waals surface area contributed by atoms with Gasteiger partial charge in [0.15, 0.2) is 0 Å². The number of pyridine rings is 1. The Bertz CT molecular complexity index is 751. The van der Waals surface area contributed by atoms with Crippen molar-refractivity contribution < 1.29 is 9.21 Å². The first-order chi connectivity index (χ1) is 10.8. The van der Waals surface area contributed by atoms with E-state index in [1.165, 1.54) is 0 Å². The molecule has 22 heavy (non-hydrogen) atoms. The summed E-state index contributed by atoms with van der Waals surface area (Å²) in [5.74, 6) is 2.53. The Kier molecular flexibility index (Phi) is 4.75. The summed E-state index contributed by atoms with van der Waals surface area (Å²) in [6.45, 7) is 0.618. The van der Waals surface area contributed by atoms with Crippen molar-refractivity contribution in [3.63, 3.8) is 0 Å². The van der Waals surface area contributed by atoms with Crippen LogP contribution in [0.3, 0.4) is 0 Å². The number of para-hydroxylation sites is 1. The van der Waals surface area contributed by atoms with Crippen LogP contribution in [0.5, 0.6) is 0 Å². The largest absolute Gasteiger partial charge is 0.468 e. The lowest BCUT2D eigenvalue weighted by molar-refractivity contribution is 0.0957. The van der Waals surface area contributed by atoms with Gasteiger partial charge in [0.1, 0.15) is 5.76 Å². The Hall–Kier alpha value is -2.27. The predicted octanol–water partition coefficient (Wildman–Crippen LogP) is 3.49. The summed E-state index contributed by atoms with van der Waals surface area (Å²) < 4.78 is 5.26. The van der Waals surface area contributed by atoms with Crippen LogP contribution in [0.15, 0.2) is 59.3 Å². The van der Waals surface area contributed by atoms with E-state index in [-0.39, 0.29) is 5.91 Å². The fourth-order valence-corrected chi connectivity index (χ4v) is 2.94. The Balaban J connectivity index is 1.53. The minimum atomic E-state index is -0.0806. The number of carbonyl (C=O) groups excluding carboxylic acids is 1. The van der Waals surface area contributed by atoms with Gasteiger partial charge in [-0.3, -0.25) is 9.78 Å². The van der Waals surface area contributed by atoms with Crippen LogP contribution >= 0.6 is 11.8 Å². The zero-order valence-corrected chi connectivity index (χ0v) is 12.8. The van der Waals surface area contributed by atoms with Gasteiger partial charge in [0.2, 0.25) is 0 Å². The topological polar surface area (TPSA) is 55.1 Å². The van der Waals surface area contributed by atoms with Gasteiger partial charge < -0.3 is 9.73 Å². The van der Waals surface area contributed by atoms with Crippen LogP contribution in [0.1, 0.15) is 16.1 Å². The van der Waals surface area contributed by atoms with Gasteiger partial charge >= 0.3 is 0 Å². The molecule has 0 bridgehead atoms. The van der Waals surface area contributed by atoms with E-state index in [0.29, 0.717) is 12.1 Å².